The van der Waals surface area contributed by atoms with Crippen molar-refractivity contribution in [1.29, 1.82) is 0 Å². The molecule has 0 aliphatic rings. The van der Waals surface area contributed by atoms with Gasteiger partial charge in [0.25, 0.3) is 0 Å². The van der Waals surface area contributed by atoms with E-state index in [4.69, 9.17) is 13.8 Å². The summed E-state index contributed by atoms with van der Waals surface area (Å²) in [5.41, 5.74) is 0. The number of quaternary nitrogens is 1. The number of hydrogen-bond acceptors (Lipinski definition) is 4. The summed E-state index contributed by atoms with van der Waals surface area (Å²) < 4.78 is 26.5. The summed E-state index contributed by atoms with van der Waals surface area (Å²) in [5.74, 6) is 0.535. The van der Waals surface area contributed by atoms with Gasteiger partial charge < -0.3 is 14.1 Å². The molecule has 1 atom stereocenters. The molecule has 7 heteroatoms. The molecule has 0 saturated heterocycles. The molecular weight excluding hydrogens is 245 g/mol. The smallest absolute Gasteiger partial charge is 0.472 e. The summed E-state index contributed by atoms with van der Waals surface area (Å²) >= 11 is 0. The fraction of sp³-hybridized carbons (Fsp3) is 0.800. The third kappa shape index (κ3) is 11.9. The van der Waals surface area contributed by atoms with Crippen LogP contribution in [0, 0.1) is 0 Å². The van der Waals surface area contributed by atoms with Gasteiger partial charge in [0.05, 0.1) is 33.5 Å². The minimum absolute atomic E-state index is 0.00892. The molecule has 0 bridgehead atoms. The maximum atomic E-state index is 11.4. The first-order chi connectivity index (χ1) is 7.62. The van der Waals surface area contributed by atoms with Gasteiger partial charge >= 0.3 is 7.82 Å². The Morgan fingerprint density at radius 3 is 2.24 bits per heavy atom. The van der Waals surface area contributed by atoms with Crippen molar-refractivity contribution < 1.29 is 27.7 Å². The molecule has 1 N–H and O–H groups in total. The van der Waals surface area contributed by atoms with Crippen molar-refractivity contribution in [2.75, 3.05) is 47.5 Å². The lowest BCUT2D eigenvalue weighted by Gasteiger charge is -2.24. The first-order valence-electron chi connectivity index (χ1n) is 5.33. The molecule has 0 rings (SSSR count). The molecule has 0 aliphatic heterocycles. The number of hydrogen-bond donors (Lipinski definition) is 1. The van der Waals surface area contributed by atoms with E-state index in [9.17, 15) is 9.46 Å². The van der Waals surface area contributed by atoms with Crippen molar-refractivity contribution in [2.24, 2.45) is 0 Å². The van der Waals surface area contributed by atoms with E-state index in [1.54, 1.807) is 6.92 Å². The largest absolute Gasteiger partial charge is 0.496 e. The normalized spacial score (nSPS) is 15.4. The number of phosphoric ester groups is 1. The summed E-state index contributed by atoms with van der Waals surface area (Å²) in [6.07, 6.45) is 0. The van der Waals surface area contributed by atoms with Crippen LogP contribution in [0.15, 0.2) is 12.3 Å². The first kappa shape index (κ1) is 16.6. The summed E-state index contributed by atoms with van der Waals surface area (Å²) in [5, 5.41) is 0. The Balaban J connectivity index is 3.73. The highest BCUT2D eigenvalue weighted by atomic mass is 31.2. The molecule has 0 fully saturated rings. The van der Waals surface area contributed by atoms with Gasteiger partial charge in [-0.05, 0) is 6.92 Å². The summed E-state index contributed by atoms with van der Waals surface area (Å²) in [6.45, 7) is 6.17. The van der Waals surface area contributed by atoms with Crippen molar-refractivity contribution in [2.45, 2.75) is 6.92 Å². The highest BCUT2D eigenvalue weighted by Crippen LogP contribution is 2.42. The van der Waals surface area contributed by atoms with Gasteiger partial charge in [-0.1, -0.05) is 6.58 Å². The molecule has 0 heterocycles. The SMILES string of the molecule is C=C(C)OCCOP(=O)(O)OCC[N+](C)(C)C. The molecule has 1 unspecified atom stereocenters. The highest BCUT2D eigenvalue weighted by Gasteiger charge is 2.22. The zero-order chi connectivity index (χ0) is 13.5. The van der Waals surface area contributed by atoms with E-state index in [2.05, 4.69) is 6.58 Å². The Hall–Kier alpha value is -0.390. The second-order valence-electron chi connectivity index (χ2n) is 4.70. The molecule has 0 aromatic rings. The molecule has 17 heavy (non-hydrogen) atoms. The Morgan fingerprint density at radius 2 is 1.76 bits per heavy atom. The first-order valence-corrected chi connectivity index (χ1v) is 6.82. The molecule has 0 spiro atoms. The molecule has 102 valence electrons. The Labute approximate surface area is 103 Å². The number of ether oxygens (including phenoxy) is 1. The maximum absolute atomic E-state index is 11.4. The van der Waals surface area contributed by atoms with Crippen LogP contribution in [0.2, 0.25) is 0 Å². The third-order valence-electron chi connectivity index (χ3n) is 1.70. The average molecular weight is 268 g/mol. The maximum Gasteiger partial charge on any atom is 0.472 e. The Bertz CT molecular complexity index is 287. The lowest BCUT2D eigenvalue weighted by atomic mass is 10.5. The highest BCUT2D eigenvalue weighted by molar-refractivity contribution is 7.47. The van der Waals surface area contributed by atoms with E-state index in [0.717, 1.165) is 0 Å². The van der Waals surface area contributed by atoms with Crippen LogP contribution in [0.5, 0.6) is 0 Å². The van der Waals surface area contributed by atoms with Crippen molar-refractivity contribution >= 4 is 7.82 Å². The van der Waals surface area contributed by atoms with Crippen LogP contribution in [0.3, 0.4) is 0 Å². The topological polar surface area (TPSA) is 65.0 Å². The fourth-order valence-electron chi connectivity index (χ4n) is 0.836. The monoisotopic (exact) mass is 268 g/mol. The van der Waals surface area contributed by atoms with E-state index in [-0.39, 0.29) is 19.8 Å². The molecule has 0 aromatic heterocycles. The van der Waals surface area contributed by atoms with Gasteiger partial charge in [-0.2, -0.15) is 0 Å². The van der Waals surface area contributed by atoms with Gasteiger partial charge in [-0.25, -0.2) is 4.57 Å². The molecule has 0 aliphatic carbocycles. The Kier molecular flexibility index (Phi) is 6.97. The van der Waals surface area contributed by atoms with E-state index in [1.165, 1.54) is 0 Å². The van der Waals surface area contributed by atoms with Crippen molar-refractivity contribution in [1.82, 2.24) is 0 Å². The van der Waals surface area contributed by atoms with E-state index in [1.807, 2.05) is 21.1 Å². The second kappa shape index (κ2) is 7.13. The van der Waals surface area contributed by atoms with Crippen LogP contribution in [0.25, 0.3) is 0 Å². The van der Waals surface area contributed by atoms with Gasteiger partial charge in [0.1, 0.15) is 19.8 Å². The number of allylic oxidation sites excluding steroid dienone is 1. The number of likely N-dealkylation sites (N-methyl/N-ethyl adjacent to an activating group) is 1. The van der Waals surface area contributed by atoms with Crippen LogP contribution < -0.4 is 0 Å². The number of nitrogens with zero attached hydrogens (tertiary/aromatic N) is 1. The predicted molar refractivity (Wildman–Crippen MR) is 65.4 cm³/mol. The van der Waals surface area contributed by atoms with E-state index >= 15 is 0 Å². The fourth-order valence-corrected chi connectivity index (χ4v) is 1.53. The third-order valence-corrected chi connectivity index (χ3v) is 2.72. The Morgan fingerprint density at radius 1 is 1.24 bits per heavy atom. The number of rotatable bonds is 9. The molecular formula is C10H23NO5P+. The van der Waals surface area contributed by atoms with E-state index in [0.29, 0.717) is 16.8 Å². The molecule has 0 saturated carbocycles. The second-order valence-corrected chi connectivity index (χ2v) is 6.15. The summed E-state index contributed by atoms with van der Waals surface area (Å²) in [7, 11) is 1.94. The average Bonchev–Trinajstić information content (AvgIpc) is 2.09. The molecule has 0 amide bonds. The minimum atomic E-state index is -3.96. The molecule has 6 nitrogen and oxygen atoms in total. The van der Waals surface area contributed by atoms with Gasteiger partial charge in [0.2, 0.25) is 0 Å². The van der Waals surface area contributed by atoms with Crippen LogP contribution >= 0.6 is 7.82 Å². The van der Waals surface area contributed by atoms with Gasteiger partial charge in [-0.3, -0.25) is 9.05 Å². The van der Waals surface area contributed by atoms with Crippen LogP contribution in [-0.2, 0) is 18.3 Å². The summed E-state index contributed by atoms with van der Waals surface area (Å²) in [6, 6.07) is 0. The van der Waals surface area contributed by atoms with Crippen molar-refractivity contribution in [3.63, 3.8) is 0 Å². The standard InChI is InChI=1S/C10H22NO5P/c1-10(2)14-8-9-16-17(12,13)15-7-6-11(3,4)5/h1,6-9H2,2-5H3/p+1. The van der Waals surface area contributed by atoms with Crippen molar-refractivity contribution in [3.8, 4) is 0 Å². The lowest BCUT2D eigenvalue weighted by molar-refractivity contribution is -0.870. The molecule has 0 radical (unpaired) electrons. The van der Waals surface area contributed by atoms with Gasteiger partial charge in [0.15, 0.2) is 0 Å². The van der Waals surface area contributed by atoms with Crippen LogP contribution in [-0.4, -0.2) is 56.9 Å². The lowest BCUT2D eigenvalue weighted by Crippen LogP contribution is -2.37. The van der Waals surface area contributed by atoms with Crippen molar-refractivity contribution in [3.05, 3.63) is 12.3 Å². The quantitative estimate of drug-likeness (QED) is 0.296. The summed E-state index contributed by atoms with van der Waals surface area (Å²) in [4.78, 5) is 9.30. The van der Waals surface area contributed by atoms with Crippen LogP contribution in [0.1, 0.15) is 6.92 Å². The van der Waals surface area contributed by atoms with Gasteiger partial charge in [0, 0.05) is 0 Å². The van der Waals surface area contributed by atoms with Gasteiger partial charge in [-0.15, -0.1) is 0 Å². The minimum Gasteiger partial charge on any atom is -0.496 e. The molecule has 0 aromatic carbocycles. The number of phosphoric acid groups is 1. The zero-order valence-corrected chi connectivity index (χ0v) is 11.9. The zero-order valence-electron chi connectivity index (χ0n) is 11.0. The van der Waals surface area contributed by atoms with E-state index < -0.39 is 7.82 Å². The predicted octanol–water partition coefficient (Wildman–Crippen LogP) is 1.38. The van der Waals surface area contributed by atoms with Crippen LogP contribution in [0.4, 0.5) is 0 Å².